The van der Waals surface area contributed by atoms with Gasteiger partial charge in [-0.15, -0.1) is 0 Å². The van der Waals surface area contributed by atoms with Crippen molar-refractivity contribution in [2.45, 2.75) is 45.3 Å². The van der Waals surface area contributed by atoms with E-state index in [1.807, 2.05) is 0 Å². The van der Waals surface area contributed by atoms with Crippen LogP contribution < -0.4 is 9.47 Å². The van der Waals surface area contributed by atoms with E-state index in [1.54, 1.807) is 53.0 Å². The summed E-state index contributed by atoms with van der Waals surface area (Å²) in [4.78, 5) is 22.4. The van der Waals surface area contributed by atoms with E-state index in [-0.39, 0.29) is 6.42 Å². The Kier molecular flexibility index (Phi) is 6.01. The zero-order valence-electron chi connectivity index (χ0n) is 14.4. The molecular weight excluding hydrogens is 300 g/mol. The van der Waals surface area contributed by atoms with Crippen LogP contribution in [0.5, 0.6) is 11.5 Å². The van der Waals surface area contributed by atoms with Gasteiger partial charge in [-0.05, 0) is 45.4 Å². The fourth-order valence-electron chi connectivity index (χ4n) is 2.09. The van der Waals surface area contributed by atoms with Crippen LogP contribution in [0.3, 0.4) is 0 Å². The van der Waals surface area contributed by atoms with Crippen molar-refractivity contribution in [3.63, 3.8) is 0 Å². The van der Waals surface area contributed by atoms with E-state index in [4.69, 9.17) is 18.9 Å². The lowest BCUT2D eigenvalue weighted by atomic mass is 9.97. The van der Waals surface area contributed by atoms with Gasteiger partial charge in [0.2, 0.25) is 0 Å². The summed E-state index contributed by atoms with van der Waals surface area (Å²) < 4.78 is 20.7. The highest BCUT2D eigenvalue weighted by molar-refractivity contribution is 5.71. The summed E-state index contributed by atoms with van der Waals surface area (Å²) in [5, 5.41) is 0. The number of methoxy groups -OCH3 is 2. The van der Waals surface area contributed by atoms with Crippen LogP contribution in [0.1, 0.15) is 39.7 Å². The smallest absolute Gasteiger partial charge is 0.418 e. The Balaban J connectivity index is 2.90. The molecule has 0 fully saturated rings. The maximum Gasteiger partial charge on any atom is 0.418 e. The summed E-state index contributed by atoms with van der Waals surface area (Å²) in [6.07, 6.45) is -0.0705. The van der Waals surface area contributed by atoms with Gasteiger partial charge in [0.05, 0.1) is 20.6 Å². The van der Waals surface area contributed by atoms with Gasteiger partial charge < -0.3 is 18.9 Å². The van der Waals surface area contributed by atoms with E-state index < -0.39 is 17.2 Å². The first kappa shape index (κ1) is 18.8. The molecule has 1 aromatic carbocycles. The van der Waals surface area contributed by atoms with Crippen LogP contribution >= 0.6 is 0 Å². The molecule has 0 aliphatic rings. The number of benzene rings is 1. The number of esters is 1. The topological polar surface area (TPSA) is 71.1 Å². The number of hydrogen-bond acceptors (Lipinski definition) is 6. The Labute approximate surface area is 136 Å². The molecule has 0 heterocycles. The largest absolute Gasteiger partial charge is 0.493 e. The molecule has 0 saturated carbocycles. The van der Waals surface area contributed by atoms with Gasteiger partial charge in [-0.1, -0.05) is 6.07 Å². The third-order valence-electron chi connectivity index (χ3n) is 3.34. The van der Waals surface area contributed by atoms with Gasteiger partial charge in [-0.25, -0.2) is 4.79 Å². The molecular formula is C17H23O6. The molecule has 6 heteroatoms. The highest BCUT2D eigenvalue weighted by Gasteiger charge is 2.31. The second-order valence-corrected chi connectivity index (χ2v) is 6.18. The second-order valence-electron chi connectivity index (χ2n) is 6.18. The van der Waals surface area contributed by atoms with Crippen molar-refractivity contribution in [3.8, 4) is 11.5 Å². The van der Waals surface area contributed by atoms with Crippen molar-refractivity contribution >= 4 is 12.4 Å². The summed E-state index contributed by atoms with van der Waals surface area (Å²) in [6.45, 7) is 8.11. The average Bonchev–Trinajstić information content (AvgIpc) is 2.44. The van der Waals surface area contributed by atoms with Crippen molar-refractivity contribution in [2.24, 2.45) is 0 Å². The lowest BCUT2D eigenvalue weighted by molar-refractivity contribution is -0.161. The fourth-order valence-corrected chi connectivity index (χ4v) is 2.09. The van der Waals surface area contributed by atoms with Gasteiger partial charge in [0.15, 0.2) is 11.5 Å². The molecule has 0 aliphatic carbocycles. The standard InChI is InChI=1S/C17H23O6/c1-16(2,22-11-18)10-15(19)23-17(3,4)12-7-8-13(20-5)14(9-12)21-6/h7-9H,10H2,1-6H3. The molecule has 0 bridgehead atoms. The quantitative estimate of drug-likeness (QED) is 0.685. The third kappa shape index (κ3) is 5.16. The van der Waals surface area contributed by atoms with Crippen molar-refractivity contribution in [1.29, 1.82) is 0 Å². The van der Waals surface area contributed by atoms with Gasteiger partial charge in [-0.3, -0.25) is 4.79 Å². The first-order valence-electron chi connectivity index (χ1n) is 7.14. The molecule has 0 saturated heterocycles. The highest BCUT2D eigenvalue weighted by atomic mass is 16.6. The van der Waals surface area contributed by atoms with Crippen LogP contribution in [-0.4, -0.2) is 32.3 Å². The van der Waals surface area contributed by atoms with Crippen molar-refractivity contribution in [3.05, 3.63) is 23.8 Å². The van der Waals surface area contributed by atoms with E-state index in [9.17, 15) is 9.59 Å². The average molecular weight is 323 g/mol. The van der Waals surface area contributed by atoms with E-state index >= 15 is 0 Å². The van der Waals surface area contributed by atoms with E-state index in [2.05, 4.69) is 0 Å². The molecule has 1 rings (SSSR count). The molecule has 0 amide bonds. The van der Waals surface area contributed by atoms with Crippen LogP contribution in [0.4, 0.5) is 0 Å². The molecule has 0 spiro atoms. The number of carbonyl (C=O) groups is 1. The Bertz CT molecular complexity index is 562. The zero-order valence-corrected chi connectivity index (χ0v) is 14.4. The summed E-state index contributed by atoms with van der Waals surface area (Å²) in [6, 6.07) is 5.31. The lowest BCUT2D eigenvalue weighted by Crippen LogP contribution is -2.32. The third-order valence-corrected chi connectivity index (χ3v) is 3.34. The van der Waals surface area contributed by atoms with Crippen LogP contribution in [0.25, 0.3) is 0 Å². The molecule has 23 heavy (non-hydrogen) atoms. The first-order chi connectivity index (χ1) is 10.6. The fraction of sp³-hybridized carbons (Fsp3) is 0.529. The molecule has 1 radical (unpaired) electrons. The van der Waals surface area contributed by atoms with Gasteiger partial charge in [0.1, 0.15) is 11.2 Å². The normalized spacial score (nSPS) is 11.6. The zero-order chi connectivity index (χ0) is 17.7. The number of hydrogen-bond donors (Lipinski definition) is 0. The number of ether oxygens (including phenoxy) is 4. The second kappa shape index (κ2) is 7.35. The summed E-state index contributed by atoms with van der Waals surface area (Å²) in [5.41, 5.74) is -1.09. The van der Waals surface area contributed by atoms with Crippen molar-refractivity contribution in [1.82, 2.24) is 0 Å². The minimum Gasteiger partial charge on any atom is -0.493 e. The summed E-state index contributed by atoms with van der Waals surface area (Å²) in [5.74, 6) is 0.660. The monoisotopic (exact) mass is 323 g/mol. The minimum atomic E-state index is -0.966. The molecule has 127 valence electrons. The Morgan fingerprint density at radius 1 is 1.09 bits per heavy atom. The Morgan fingerprint density at radius 3 is 2.22 bits per heavy atom. The summed E-state index contributed by atoms with van der Waals surface area (Å²) >= 11 is 0. The van der Waals surface area contributed by atoms with Gasteiger partial charge in [0, 0.05) is 0 Å². The maximum absolute atomic E-state index is 12.1. The predicted octanol–water partition coefficient (Wildman–Crippen LogP) is 2.73. The van der Waals surface area contributed by atoms with Gasteiger partial charge >= 0.3 is 12.4 Å². The SMILES string of the molecule is COc1ccc(C(C)(C)OC(=O)CC(C)(C)O[C]=O)cc1OC. The maximum atomic E-state index is 12.1. The highest BCUT2D eigenvalue weighted by Crippen LogP contribution is 2.34. The van der Waals surface area contributed by atoms with E-state index in [0.29, 0.717) is 11.5 Å². The molecule has 0 N–H and O–H groups in total. The number of carbonyl (C=O) groups excluding carboxylic acids is 2. The van der Waals surface area contributed by atoms with E-state index in [1.165, 1.54) is 13.6 Å². The van der Waals surface area contributed by atoms with Gasteiger partial charge in [-0.2, -0.15) is 0 Å². The van der Waals surface area contributed by atoms with Crippen LogP contribution in [0, 0.1) is 0 Å². The summed E-state index contributed by atoms with van der Waals surface area (Å²) in [7, 11) is 3.09. The van der Waals surface area contributed by atoms with Crippen LogP contribution in [-0.2, 0) is 24.7 Å². The number of rotatable bonds is 8. The van der Waals surface area contributed by atoms with Crippen LogP contribution in [0.15, 0.2) is 18.2 Å². The predicted molar refractivity (Wildman–Crippen MR) is 84.1 cm³/mol. The molecule has 0 aromatic heterocycles. The molecule has 0 atom stereocenters. The molecule has 0 unspecified atom stereocenters. The van der Waals surface area contributed by atoms with Crippen molar-refractivity contribution < 1.29 is 28.5 Å². The Hall–Kier alpha value is -2.24. The molecule has 1 aromatic rings. The first-order valence-corrected chi connectivity index (χ1v) is 7.14. The molecule has 6 nitrogen and oxygen atoms in total. The van der Waals surface area contributed by atoms with Crippen molar-refractivity contribution in [2.75, 3.05) is 14.2 Å². The Morgan fingerprint density at radius 2 is 1.70 bits per heavy atom. The minimum absolute atomic E-state index is 0.0705. The van der Waals surface area contributed by atoms with E-state index in [0.717, 1.165) is 5.56 Å². The lowest BCUT2D eigenvalue weighted by Gasteiger charge is -2.28. The van der Waals surface area contributed by atoms with Crippen LogP contribution in [0.2, 0.25) is 0 Å². The molecule has 0 aliphatic heterocycles. The van der Waals surface area contributed by atoms with Gasteiger partial charge in [0.25, 0.3) is 0 Å².